The van der Waals surface area contributed by atoms with Crippen molar-refractivity contribution in [1.82, 2.24) is 0 Å². The van der Waals surface area contributed by atoms with E-state index in [1.54, 1.807) is 0 Å². The molecule has 0 amide bonds. The molecule has 1 N–H and O–H groups in total. The molecule has 0 heterocycles. The second-order valence-corrected chi connectivity index (χ2v) is 5.84. The van der Waals surface area contributed by atoms with Gasteiger partial charge in [0.1, 0.15) is 0 Å². The molecule has 1 aromatic rings. The monoisotopic (exact) mass is 218 g/mol. The lowest BCUT2D eigenvalue weighted by Crippen LogP contribution is -2.16. The second kappa shape index (κ2) is 3.89. The molecule has 1 nitrogen and oxygen atoms in total. The molecule has 0 unspecified atom stereocenters. The summed E-state index contributed by atoms with van der Waals surface area (Å²) in [4.78, 5) is 0. The van der Waals surface area contributed by atoms with Crippen LogP contribution in [0.15, 0.2) is 24.3 Å². The predicted octanol–water partition coefficient (Wildman–Crippen LogP) is 3.44. The maximum absolute atomic E-state index is 9.86. The third kappa shape index (κ3) is 2.46. The van der Waals surface area contributed by atoms with Crippen LogP contribution in [0.4, 0.5) is 0 Å². The van der Waals surface area contributed by atoms with Crippen molar-refractivity contribution in [2.75, 3.05) is 0 Å². The molecular formula is C15H22O. The molecule has 0 bridgehead atoms. The molecule has 1 heteroatoms. The third-order valence-corrected chi connectivity index (χ3v) is 3.98. The molecule has 0 radical (unpaired) electrons. The molecule has 0 atom stereocenters. The van der Waals surface area contributed by atoms with Crippen molar-refractivity contribution < 1.29 is 5.11 Å². The zero-order chi connectivity index (χ0) is 11.8. The van der Waals surface area contributed by atoms with Crippen molar-refractivity contribution in [3.05, 3.63) is 35.4 Å². The SMILES string of the molecule is CCC(C)(C)c1ccc(CC2(O)CC2)cc1. The summed E-state index contributed by atoms with van der Waals surface area (Å²) < 4.78 is 0. The van der Waals surface area contributed by atoms with Crippen LogP contribution in [0, 0.1) is 0 Å². The van der Waals surface area contributed by atoms with Crippen molar-refractivity contribution >= 4 is 0 Å². The van der Waals surface area contributed by atoms with E-state index in [1.165, 1.54) is 11.1 Å². The van der Waals surface area contributed by atoms with Gasteiger partial charge in [0.05, 0.1) is 5.60 Å². The van der Waals surface area contributed by atoms with Crippen molar-refractivity contribution in [2.24, 2.45) is 0 Å². The van der Waals surface area contributed by atoms with E-state index in [0.29, 0.717) is 0 Å². The third-order valence-electron chi connectivity index (χ3n) is 3.98. The standard InChI is InChI=1S/C15H22O/c1-4-14(2,3)13-7-5-12(6-8-13)11-15(16)9-10-15/h5-8,16H,4,9-11H2,1-3H3. The minimum Gasteiger partial charge on any atom is -0.390 e. The van der Waals surface area contributed by atoms with Gasteiger partial charge in [-0.1, -0.05) is 45.0 Å². The molecule has 1 aliphatic rings. The fraction of sp³-hybridized carbons (Fsp3) is 0.600. The lowest BCUT2D eigenvalue weighted by Gasteiger charge is -2.23. The fourth-order valence-electron chi connectivity index (χ4n) is 1.98. The molecule has 0 aliphatic heterocycles. The van der Waals surface area contributed by atoms with Crippen molar-refractivity contribution in [1.29, 1.82) is 0 Å². The van der Waals surface area contributed by atoms with E-state index in [-0.39, 0.29) is 11.0 Å². The summed E-state index contributed by atoms with van der Waals surface area (Å²) in [5.41, 5.74) is 2.54. The van der Waals surface area contributed by atoms with Gasteiger partial charge < -0.3 is 5.11 Å². The van der Waals surface area contributed by atoms with Crippen LogP contribution >= 0.6 is 0 Å². The topological polar surface area (TPSA) is 20.2 Å². The van der Waals surface area contributed by atoms with E-state index in [2.05, 4.69) is 45.0 Å². The average Bonchev–Trinajstić information content (AvgIpc) is 2.97. The Hall–Kier alpha value is -0.820. The van der Waals surface area contributed by atoms with Gasteiger partial charge in [0, 0.05) is 6.42 Å². The summed E-state index contributed by atoms with van der Waals surface area (Å²) in [6, 6.07) is 8.77. The molecule has 0 saturated heterocycles. The maximum Gasteiger partial charge on any atom is 0.0690 e. The Balaban J connectivity index is 2.10. The van der Waals surface area contributed by atoms with E-state index in [4.69, 9.17) is 0 Å². The first-order valence-electron chi connectivity index (χ1n) is 6.27. The van der Waals surface area contributed by atoms with Gasteiger partial charge in [-0.3, -0.25) is 0 Å². The molecule has 0 spiro atoms. The van der Waals surface area contributed by atoms with Crippen molar-refractivity contribution in [2.45, 2.75) is 57.5 Å². The van der Waals surface area contributed by atoms with Crippen LogP contribution in [-0.4, -0.2) is 10.7 Å². The van der Waals surface area contributed by atoms with E-state index < -0.39 is 0 Å². The van der Waals surface area contributed by atoms with Crippen LogP contribution in [0.1, 0.15) is 51.2 Å². The minimum absolute atomic E-state index is 0.259. The van der Waals surface area contributed by atoms with Gasteiger partial charge in [-0.05, 0) is 35.8 Å². The largest absolute Gasteiger partial charge is 0.390 e. The molecule has 0 aromatic heterocycles. The summed E-state index contributed by atoms with van der Waals surface area (Å²) in [6.07, 6.45) is 3.90. The lowest BCUT2D eigenvalue weighted by atomic mass is 9.82. The van der Waals surface area contributed by atoms with E-state index in [0.717, 1.165) is 25.7 Å². The summed E-state index contributed by atoms with van der Waals surface area (Å²) in [5, 5.41) is 9.86. The Morgan fingerprint density at radius 2 is 1.75 bits per heavy atom. The van der Waals surface area contributed by atoms with Gasteiger partial charge >= 0.3 is 0 Å². The van der Waals surface area contributed by atoms with Crippen LogP contribution in [0.2, 0.25) is 0 Å². The highest BCUT2D eigenvalue weighted by molar-refractivity contribution is 5.29. The van der Waals surface area contributed by atoms with Gasteiger partial charge in [-0.25, -0.2) is 0 Å². The Labute approximate surface area is 98.5 Å². The van der Waals surface area contributed by atoms with Gasteiger partial charge in [-0.2, -0.15) is 0 Å². The van der Waals surface area contributed by atoms with Gasteiger partial charge in [-0.15, -0.1) is 0 Å². The molecular weight excluding hydrogens is 196 g/mol. The first kappa shape index (κ1) is 11.7. The Morgan fingerprint density at radius 1 is 1.19 bits per heavy atom. The maximum atomic E-state index is 9.86. The predicted molar refractivity (Wildman–Crippen MR) is 67.6 cm³/mol. The number of benzene rings is 1. The van der Waals surface area contributed by atoms with E-state index in [1.807, 2.05) is 0 Å². The number of hydrogen-bond acceptors (Lipinski definition) is 1. The first-order chi connectivity index (χ1) is 7.45. The van der Waals surface area contributed by atoms with Crippen molar-refractivity contribution in [3.63, 3.8) is 0 Å². The van der Waals surface area contributed by atoms with Crippen LogP contribution < -0.4 is 0 Å². The summed E-state index contributed by atoms with van der Waals surface area (Å²) in [7, 11) is 0. The van der Waals surface area contributed by atoms with Gasteiger partial charge in [0.2, 0.25) is 0 Å². The van der Waals surface area contributed by atoms with Crippen LogP contribution in [0.3, 0.4) is 0 Å². The highest BCUT2D eigenvalue weighted by Crippen LogP contribution is 2.38. The van der Waals surface area contributed by atoms with Crippen LogP contribution in [0.5, 0.6) is 0 Å². The zero-order valence-corrected chi connectivity index (χ0v) is 10.6. The quantitative estimate of drug-likeness (QED) is 0.820. The number of rotatable bonds is 4. The smallest absolute Gasteiger partial charge is 0.0690 e. The summed E-state index contributed by atoms with van der Waals surface area (Å²) in [6.45, 7) is 6.77. The Bertz CT molecular complexity index is 358. The minimum atomic E-state index is -0.373. The first-order valence-corrected chi connectivity index (χ1v) is 6.27. The molecule has 2 rings (SSSR count). The summed E-state index contributed by atoms with van der Waals surface area (Å²) in [5.74, 6) is 0. The molecule has 1 saturated carbocycles. The van der Waals surface area contributed by atoms with Gasteiger partial charge in [0.25, 0.3) is 0 Å². The zero-order valence-electron chi connectivity index (χ0n) is 10.6. The highest BCUT2D eigenvalue weighted by atomic mass is 16.3. The lowest BCUT2D eigenvalue weighted by molar-refractivity contribution is 0.151. The highest BCUT2D eigenvalue weighted by Gasteiger charge is 2.40. The van der Waals surface area contributed by atoms with Crippen molar-refractivity contribution in [3.8, 4) is 0 Å². The summed E-state index contributed by atoms with van der Waals surface area (Å²) >= 11 is 0. The van der Waals surface area contributed by atoms with Gasteiger partial charge in [0.15, 0.2) is 0 Å². The molecule has 1 aliphatic carbocycles. The molecule has 1 aromatic carbocycles. The normalized spacial score (nSPS) is 18.5. The Morgan fingerprint density at radius 3 is 2.19 bits per heavy atom. The second-order valence-electron chi connectivity index (χ2n) is 5.84. The van der Waals surface area contributed by atoms with Crippen LogP contribution in [0.25, 0.3) is 0 Å². The average molecular weight is 218 g/mol. The molecule has 88 valence electrons. The van der Waals surface area contributed by atoms with Crippen LogP contribution in [-0.2, 0) is 11.8 Å². The fourth-order valence-corrected chi connectivity index (χ4v) is 1.98. The number of hydrogen-bond donors (Lipinski definition) is 1. The van der Waals surface area contributed by atoms with E-state index in [9.17, 15) is 5.11 Å². The number of aliphatic hydroxyl groups is 1. The molecule has 16 heavy (non-hydrogen) atoms. The molecule has 1 fully saturated rings. The van der Waals surface area contributed by atoms with E-state index >= 15 is 0 Å². The Kier molecular flexibility index (Phi) is 2.83.